The van der Waals surface area contributed by atoms with Crippen molar-refractivity contribution >= 4 is 6.29 Å². The van der Waals surface area contributed by atoms with Crippen LogP contribution in [-0.4, -0.2) is 55.9 Å². The van der Waals surface area contributed by atoms with Gasteiger partial charge in [-0.05, 0) is 33.5 Å². The summed E-state index contributed by atoms with van der Waals surface area (Å²) in [6, 6.07) is 0.662. The quantitative estimate of drug-likeness (QED) is 0.564. The van der Waals surface area contributed by atoms with E-state index in [-0.39, 0.29) is 0 Å². The van der Waals surface area contributed by atoms with Gasteiger partial charge < -0.3 is 9.69 Å². The number of likely N-dealkylation sites (tertiary alicyclic amines) is 1. The Kier molecular flexibility index (Phi) is 3.69. The molecule has 1 unspecified atom stereocenters. The van der Waals surface area contributed by atoms with Crippen molar-refractivity contribution in [3.8, 4) is 0 Å². The fraction of sp³-hybridized carbons (Fsp3) is 0.889. The summed E-state index contributed by atoms with van der Waals surface area (Å²) in [5.41, 5.74) is 0. The minimum atomic E-state index is 0.560. The van der Waals surface area contributed by atoms with E-state index in [0.717, 1.165) is 12.8 Å². The van der Waals surface area contributed by atoms with Crippen LogP contribution in [0.15, 0.2) is 0 Å². The highest BCUT2D eigenvalue weighted by Gasteiger charge is 2.21. The van der Waals surface area contributed by atoms with Gasteiger partial charge in [-0.1, -0.05) is 0 Å². The SMILES string of the molecule is CN(CC=O)CC1CCCN1C. The van der Waals surface area contributed by atoms with Gasteiger partial charge in [-0.2, -0.15) is 0 Å². The van der Waals surface area contributed by atoms with Gasteiger partial charge in [0.25, 0.3) is 0 Å². The lowest BCUT2D eigenvalue weighted by Crippen LogP contribution is -2.37. The molecule has 0 spiro atoms. The fourth-order valence-corrected chi connectivity index (χ4v) is 1.77. The summed E-state index contributed by atoms with van der Waals surface area (Å²) in [4.78, 5) is 14.7. The van der Waals surface area contributed by atoms with E-state index in [1.54, 1.807) is 0 Å². The van der Waals surface area contributed by atoms with Gasteiger partial charge in [0.15, 0.2) is 0 Å². The Morgan fingerprint density at radius 3 is 2.92 bits per heavy atom. The Labute approximate surface area is 74.3 Å². The molecule has 1 heterocycles. The Bertz CT molecular complexity index is 149. The molecule has 0 aliphatic carbocycles. The third-order valence-electron chi connectivity index (χ3n) is 2.58. The predicted molar refractivity (Wildman–Crippen MR) is 49.2 cm³/mol. The van der Waals surface area contributed by atoms with Crippen LogP contribution in [0.25, 0.3) is 0 Å². The van der Waals surface area contributed by atoms with E-state index < -0.39 is 0 Å². The molecule has 1 fully saturated rings. The van der Waals surface area contributed by atoms with E-state index >= 15 is 0 Å². The number of hydrogen-bond acceptors (Lipinski definition) is 3. The molecule has 3 nitrogen and oxygen atoms in total. The van der Waals surface area contributed by atoms with Gasteiger partial charge in [0.1, 0.15) is 6.29 Å². The molecule has 0 amide bonds. The van der Waals surface area contributed by atoms with E-state index in [2.05, 4.69) is 16.8 Å². The van der Waals surface area contributed by atoms with E-state index in [0.29, 0.717) is 12.6 Å². The first-order valence-electron chi connectivity index (χ1n) is 4.56. The van der Waals surface area contributed by atoms with Gasteiger partial charge in [-0.15, -0.1) is 0 Å². The van der Waals surface area contributed by atoms with Crippen molar-refractivity contribution in [2.45, 2.75) is 18.9 Å². The third-order valence-corrected chi connectivity index (χ3v) is 2.58. The molecular weight excluding hydrogens is 152 g/mol. The zero-order chi connectivity index (χ0) is 8.97. The van der Waals surface area contributed by atoms with Crippen LogP contribution in [0.3, 0.4) is 0 Å². The van der Waals surface area contributed by atoms with E-state index in [1.807, 2.05) is 7.05 Å². The maximum Gasteiger partial charge on any atom is 0.133 e. The largest absolute Gasteiger partial charge is 0.302 e. The lowest BCUT2D eigenvalue weighted by molar-refractivity contribution is -0.108. The Hall–Kier alpha value is -0.410. The summed E-state index contributed by atoms with van der Waals surface area (Å²) < 4.78 is 0. The Morgan fingerprint density at radius 2 is 2.42 bits per heavy atom. The van der Waals surface area contributed by atoms with Gasteiger partial charge in [-0.25, -0.2) is 0 Å². The van der Waals surface area contributed by atoms with Crippen LogP contribution in [-0.2, 0) is 4.79 Å². The molecule has 0 N–H and O–H groups in total. The summed E-state index contributed by atoms with van der Waals surface area (Å²) >= 11 is 0. The van der Waals surface area contributed by atoms with Crippen molar-refractivity contribution in [3.63, 3.8) is 0 Å². The summed E-state index contributed by atoms with van der Waals surface area (Å²) in [7, 11) is 4.16. The number of likely N-dealkylation sites (N-methyl/N-ethyl adjacent to an activating group) is 2. The zero-order valence-electron chi connectivity index (χ0n) is 7.99. The maximum atomic E-state index is 10.2. The topological polar surface area (TPSA) is 23.6 Å². The molecule has 70 valence electrons. The number of aldehydes is 1. The average molecular weight is 170 g/mol. The standard InChI is InChI=1S/C9H18N2O/c1-10(6-7-12)8-9-4-3-5-11(9)2/h7,9H,3-6,8H2,1-2H3. The molecule has 1 rings (SSSR count). The molecule has 0 aromatic rings. The summed E-state index contributed by atoms with van der Waals surface area (Å²) in [5.74, 6) is 0. The second-order valence-corrected chi connectivity index (χ2v) is 3.66. The average Bonchev–Trinajstić information content (AvgIpc) is 2.37. The van der Waals surface area contributed by atoms with Crippen LogP contribution in [0, 0.1) is 0 Å². The first kappa shape index (κ1) is 9.68. The highest BCUT2D eigenvalue weighted by molar-refractivity contribution is 5.51. The van der Waals surface area contributed by atoms with Crippen LogP contribution in [0.5, 0.6) is 0 Å². The van der Waals surface area contributed by atoms with Crippen molar-refractivity contribution in [2.75, 3.05) is 33.7 Å². The van der Waals surface area contributed by atoms with Gasteiger partial charge in [-0.3, -0.25) is 4.90 Å². The molecule has 1 aliphatic rings. The van der Waals surface area contributed by atoms with E-state index in [4.69, 9.17) is 0 Å². The lowest BCUT2D eigenvalue weighted by atomic mass is 10.2. The zero-order valence-corrected chi connectivity index (χ0v) is 7.99. The van der Waals surface area contributed by atoms with Crippen molar-refractivity contribution in [2.24, 2.45) is 0 Å². The molecule has 0 radical (unpaired) electrons. The summed E-state index contributed by atoms with van der Waals surface area (Å²) in [6.45, 7) is 2.79. The Morgan fingerprint density at radius 1 is 1.67 bits per heavy atom. The van der Waals surface area contributed by atoms with Crippen LogP contribution in [0.2, 0.25) is 0 Å². The summed E-state index contributed by atoms with van der Waals surface area (Å²) in [6.07, 6.45) is 3.55. The molecular formula is C9H18N2O. The maximum absolute atomic E-state index is 10.2. The van der Waals surface area contributed by atoms with E-state index in [9.17, 15) is 4.79 Å². The number of nitrogens with zero attached hydrogens (tertiary/aromatic N) is 2. The molecule has 0 bridgehead atoms. The van der Waals surface area contributed by atoms with Crippen LogP contribution < -0.4 is 0 Å². The number of carbonyl (C=O) groups is 1. The van der Waals surface area contributed by atoms with Crippen LogP contribution in [0.4, 0.5) is 0 Å². The highest BCUT2D eigenvalue weighted by Crippen LogP contribution is 2.14. The smallest absolute Gasteiger partial charge is 0.133 e. The molecule has 12 heavy (non-hydrogen) atoms. The number of hydrogen-bond donors (Lipinski definition) is 0. The monoisotopic (exact) mass is 170 g/mol. The van der Waals surface area contributed by atoms with Gasteiger partial charge in [0, 0.05) is 12.6 Å². The summed E-state index contributed by atoms with van der Waals surface area (Å²) in [5, 5.41) is 0. The number of carbonyl (C=O) groups excluding carboxylic acids is 1. The molecule has 3 heteroatoms. The highest BCUT2D eigenvalue weighted by atomic mass is 16.1. The first-order valence-corrected chi connectivity index (χ1v) is 4.56. The van der Waals surface area contributed by atoms with E-state index in [1.165, 1.54) is 19.4 Å². The second-order valence-electron chi connectivity index (χ2n) is 3.66. The Balaban J connectivity index is 2.24. The second kappa shape index (κ2) is 4.58. The van der Waals surface area contributed by atoms with Crippen molar-refractivity contribution in [1.29, 1.82) is 0 Å². The molecule has 1 saturated heterocycles. The third kappa shape index (κ3) is 2.57. The normalized spacial score (nSPS) is 25.1. The van der Waals surface area contributed by atoms with Gasteiger partial charge in [0.05, 0.1) is 6.54 Å². The molecule has 1 atom stereocenters. The molecule has 0 saturated carbocycles. The van der Waals surface area contributed by atoms with Gasteiger partial charge >= 0.3 is 0 Å². The fourth-order valence-electron chi connectivity index (χ4n) is 1.77. The minimum Gasteiger partial charge on any atom is -0.302 e. The van der Waals surface area contributed by atoms with Crippen LogP contribution >= 0.6 is 0 Å². The molecule has 0 aromatic carbocycles. The molecule has 0 aromatic heterocycles. The van der Waals surface area contributed by atoms with Crippen LogP contribution in [0.1, 0.15) is 12.8 Å². The first-order chi connectivity index (χ1) is 5.74. The predicted octanol–water partition coefficient (Wildman–Crippen LogP) is 0.211. The number of rotatable bonds is 4. The molecule has 1 aliphatic heterocycles. The minimum absolute atomic E-state index is 0.560. The van der Waals surface area contributed by atoms with Crippen molar-refractivity contribution in [1.82, 2.24) is 9.80 Å². The van der Waals surface area contributed by atoms with Crippen molar-refractivity contribution < 1.29 is 4.79 Å². The lowest BCUT2D eigenvalue weighted by Gasteiger charge is -2.24. The van der Waals surface area contributed by atoms with Gasteiger partial charge in [0.2, 0.25) is 0 Å². The van der Waals surface area contributed by atoms with Crippen molar-refractivity contribution in [3.05, 3.63) is 0 Å².